The van der Waals surface area contributed by atoms with Crippen LogP contribution in [0.4, 0.5) is 0 Å². The maximum atomic E-state index is 12.4. The monoisotopic (exact) mass is 333 g/mol. The highest BCUT2D eigenvalue weighted by Gasteiger charge is 2.32. The maximum absolute atomic E-state index is 12.4. The summed E-state index contributed by atoms with van der Waals surface area (Å²) in [6, 6.07) is 0. The first-order valence-electron chi connectivity index (χ1n) is 6.44. The van der Waals surface area contributed by atoms with Crippen LogP contribution in [0.25, 0.3) is 0 Å². The fourth-order valence-electron chi connectivity index (χ4n) is 2.10. The van der Waals surface area contributed by atoms with Gasteiger partial charge in [0.1, 0.15) is 5.82 Å². The summed E-state index contributed by atoms with van der Waals surface area (Å²) in [4.78, 5) is 33.1. The molecule has 0 radical (unpaired) electrons. The van der Waals surface area contributed by atoms with Crippen LogP contribution in [0.2, 0.25) is 5.02 Å². The molecule has 0 aliphatic carbocycles. The van der Waals surface area contributed by atoms with Crippen molar-refractivity contribution in [3.05, 3.63) is 22.7 Å². The molecule has 1 aromatic heterocycles. The van der Waals surface area contributed by atoms with Crippen LogP contribution in [0.3, 0.4) is 0 Å². The summed E-state index contributed by atoms with van der Waals surface area (Å²) >= 11 is 5.98. The normalized spacial score (nSPS) is 17.7. The third kappa shape index (κ3) is 3.83. The van der Waals surface area contributed by atoms with Crippen LogP contribution in [0.5, 0.6) is 0 Å². The van der Waals surface area contributed by atoms with Gasteiger partial charge in [-0.3, -0.25) is 9.59 Å². The van der Waals surface area contributed by atoms with Crippen molar-refractivity contribution in [1.29, 1.82) is 0 Å². The van der Waals surface area contributed by atoms with Crippen molar-refractivity contribution in [2.45, 2.75) is 26.2 Å². The van der Waals surface area contributed by atoms with E-state index in [4.69, 9.17) is 16.7 Å². The van der Waals surface area contributed by atoms with Gasteiger partial charge in [0.15, 0.2) is 5.69 Å². The Morgan fingerprint density at radius 3 is 2.67 bits per heavy atom. The molecule has 2 heterocycles. The van der Waals surface area contributed by atoms with Crippen molar-refractivity contribution >= 4 is 35.9 Å². The number of hydrogen-bond acceptors (Lipinski definition) is 4. The Hall–Kier alpha value is -1.40. The minimum Gasteiger partial charge on any atom is -0.481 e. The van der Waals surface area contributed by atoms with Crippen molar-refractivity contribution in [2.75, 3.05) is 13.1 Å². The van der Waals surface area contributed by atoms with Gasteiger partial charge in [0.25, 0.3) is 5.91 Å². The van der Waals surface area contributed by atoms with Gasteiger partial charge in [-0.2, -0.15) is 0 Å². The second kappa shape index (κ2) is 7.04. The molecule has 1 atom stereocenters. The van der Waals surface area contributed by atoms with E-state index in [1.165, 1.54) is 11.1 Å². The zero-order valence-electron chi connectivity index (χ0n) is 11.7. The van der Waals surface area contributed by atoms with E-state index in [1.54, 1.807) is 0 Å². The third-order valence-corrected chi connectivity index (χ3v) is 3.58. The molecule has 1 fully saturated rings. The summed E-state index contributed by atoms with van der Waals surface area (Å²) in [6.07, 6.45) is 1.88. The summed E-state index contributed by atoms with van der Waals surface area (Å²) in [5.41, 5.74) is 0.149. The topological polar surface area (TPSA) is 83.4 Å². The van der Waals surface area contributed by atoms with Gasteiger partial charge in [0, 0.05) is 19.0 Å². The quantitative estimate of drug-likeness (QED) is 0.916. The minimum absolute atomic E-state index is 0. The number of aromatic nitrogens is 2. The van der Waals surface area contributed by atoms with E-state index in [9.17, 15) is 9.59 Å². The molecule has 1 aliphatic heterocycles. The van der Waals surface area contributed by atoms with Gasteiger partial charge in [-0.05, 0) is 6.42 Å². The molecule has 0 bridgehead atoms. The minimum atomic E-state index is -0.878. The molecular weight excluding hydrogens is 317 g/mol. The van der Waals surface area contributed by atoms with Crippen molar-refractivity contribution in [1.82, 2.24) is 14.9 Å². The number of carboxylic acid groups (broad SMARTS) is 1. The Morgan fingerprint density at radius 2 is 2.14 bits per heavy atom. The molecule has 0 aromatic carbocycles. The van der Waals surface area contributed by atoms with Crippen LogP contribution >= 0.6 is 24.0 Å². The average Bonchev–Trinajstić information content (AvgIpc) is 2.88. The molecule has 21 heavy (non-hydrogen) atoms. The van der Waals surface area contributed by atoms with Crippen LogP contribution in [0.15, 0.2) is 6.20 Å². The van der Waals surface area contributed by atoms with E-state index in [-0.39, 0.29) is 41.5 Å². The zero-order valence-corrected chi connectivity index (χ0v) is 13.3. The standard InChI is InChI=1S/C13H16ClN3O3.ClH/c1-7(2)11-15-5-9(14)10(16-11)12(18)17-4-3-8(6-17)13(19)20;/h5,7-8H,3-4,6H2,1-2H3,(H,19,20);1H. The largest absolute Gasteiger partial charge is 0.481 e. The highest BCUT2D eigenvalue weighted by atomic mass is 35.5. The van der Waals surface area contributed by atoms with Gasteiger partial charge in [0.2, 0.25) is 0 Å². The molecule has 1 saturated heterocycles. The first-order valence-corrected chi connectivity index (χ1v) is 6.82. The summed E-state index contributed by atoms with van der Waals surface area (Å²) < 4.78 is 0. The van der Waals surface area contributed by atoms with E-state index < -0.39 is 11.9 Å². The number of carbonyl (C=O) groups excluding carboxylic acids is 1. The number of aliphatic carboxylic acids is 1. The Kier molecular flexibility index (Phi) is 5.92. The molecule has 1 N–H and O–H groups in total. The fourth-order valence-corrected chi connectivity index (χ4v) is 2.28. The molecule has 6 nitrogen and oxygen atoms in total. The Balaban J connectivity index is 0.00000220. The Labute approximate surface area is 133 Å². The number of amides is 1. The summed E-state index contributed by atoms with van der Waals surface area (Å²) in [7, 11) is 0. The molecule has 0 saturated carbocycles. The lowest BCUT2D eigenvalue weighted by Gasteiger charge is -2.16. The van der Waals surface area contributed by atoms with Crippen molar-refractivity contribution < 1.29 is 14.7 Å². The van der Waals surface area contributed by atoms with Gasteiger partial charge in [-0.25, -0.2) is 9.97 Å². The summed E-state index contributed by atoms with van der Waals surface area (Å²) in [6.45, 7) is 4.46. The number of hydrogen-bond donors (Lipinski definition) is 1. The number of rotatable bonds is 3. The second-order valence-electron chi connectivity index (χ2n) is 5.15. The molecule has 1 aliphatic rings. The number of nitrogens with zero attached hydrogens (tertiary/aromatic N) is 3. The van der Waals surface area contributed by atoms with Crippen molar-refractivity contribution in [3.8, 4) is 0 Å². The van der Waals surface area contributed by atoms with Crippen LogP contribution in [-0.4, -0.2) is 44.9 Å². The number of halogens is 2. The van der Waals surface area contributed by atoms with Gasteiger partial charge >= 0.3 is 5.97 Å². The van der Waals surface area contributed by atoms with Gasteiger partial charge in [-0.1, -0.05) is 25.4 Å². The lowest BCUT2D eigenvalue weighted by molar-refractivity contribution is -0.141. The molecule has 2 rings (SSSR count). The fraction of sp³-hybridized carbons (Fsp3) is 0.538. The molecule has 1 amide bonds. The molecule has 8 heteroatoms. The predicted octanol–water partition coefficient (Wildman–Crippen LogP) is 2.22. The SMILES string of the molecule is CC(C)c1ncc(Cl)c(C(=O)N2CCC(C(=O)O)C2)n1.Cl. The zero-order chi connectivity index (χ0) is 14.9. The van der Waals surface area contributed by atoms with Crippen molar-refractivity contribution in [2.24, 2.45) is 5.92 Å². The van der Waals surface area contributed by atoms with E-state index in [2.05, 4.69) is 9.97 Å². The highest BCUT2D eigenvalue weighted by molar-refractivity contribution is 6.33. The van der Waals surface area contributed by atoms with E-state index in [0.29, 0.717) is 18.8 Å². The summed E-state index contributed by atoms with van der Waals surface area (Å²) in [5.74, 6) is -1.08. The lowest BCUT2D eigenvalue weighted by Crippen LogP contribution is -2.31. The number of carbonyl (C=O) groups is 2. The van der Waals surface area contributed by atoms with E-state index >= 15 is 0 Å². The number of carboxylic acids is 1. The molecule has 1 unspecified atom stereocenters. The maximum Gasteiger partial charge on any atom is 0.308 e. The number of likely N-dealkylation sites (tertiary alicyclic amines) is 1. The Morgan fingerprint density at radius 1 is 1.48 bits per heavy atom. The van der Waals surface area contributed by atoms with Crippen LogP contribution in [0.1, 0.15) is 42.5 Å². The van der Waals surface area contributed by atoms with Crippen molar-refractivity contribution in [3.63, 3.8) is 0 Å². The third-order valence-electron chi connectivity index (χ3n) is 3.31. The van der Waals surface area contributed by atoms with E-state index in [1.807, 2.05) is 13.8 Å². The van der Waals surface area contributed by atoms with Gasteiger partial charge in [-0.15, -0.1) is 12.4 Å². The van der Waals surface area contributed by atoms with Crippen LogP contribution in [-0.2, 0) is 4.79 Å². The molecular formula is C13H17Cl2N3O3. The van der Waals surface area contributed by atoms with Gasteiger partial charge in [0.05, 0.1) is 17.1 Å². The molecule has 116 valence electrons. The Bertz CT molecular complexity index is 551. The molecule has 1 aromatic rings. The predicted molar refractivity (Wildman–Crippen MR) is 80.0 cm³/mol. The smallest absolute Gasteiger partial charge is 0.308 e. The lowest BCUT2D eigenvalue weighted by atomic mass is 10.1. The molecule has 0 spiro atoms. The van der Waals surface area contributed by atoms with Crippen LogP contribution in [0, 0.1) is 5.92 Å². The highest BCUT2D eigenvalue weighted by Crippen LogP contribution is 2.22. The van der Waals surface area contributed by atoms with Crippen LogP contribution < -0.4 is 0 Å². The first-order chi connectivity index (χ1) is 9.40. The van der Waals surface area contributed by atoms with E-state index in [0.717, 1.165) is 0 Å². The summed E-state index contributed by atoms with van der Waals surface area (Å²) in [5, 5.41) is 9.16. The van der Waals surface area contributed by atoms with Gasteiger partial charge < -0.3 is 10.0 Å². The average molecular weight is 334 g/mol. The first kappa shape index (κ1) is 17.7. The second-order valence-corrected chi connectivity index (χ2v) is 5.56.